The van der Waals surface area contributed by atoms with Crippen LogP contribution in [0.5, 0.6) is 0 Å². The van der Waals surface area contributed by atoms with Crippen molar-refractivity contribution in [2.75, 3.05) is 6.54 Å². The molecule has 1 rings (SSSR count). The second-order valence-corrected chi connectivity index (χ2v) is 6.08. The lowest BCUT2D eigenvalue weighted by Gasteiger charge is -2.23. The van der Waals surface area contributed by atoms with E-state index in [9.17, 15) is 18.0 Å². The van der Waals surface area contributed by atoms with Gasteiger partial charge in [0.15, 0.2) is 0 Å². The van der Waals surface area contributed by atoms with E-state index in [1.807, 2.05) is 0 Å². The molecule has 0 saturated carbocycles. The molecular weight excluding hydrogens is 321 g/mol. The zero-order chi connectivity index (χ0) is 17.1. The Balaban J connectivity index is 2.99. The molecule has 8 heteroatoms. The summed E-state index contributed by atoms with van der Waals surface area (Å²) in [5.74, 6) is 0. The number of hydrogen-bond acceptors (Lipinski definition) is 3. The lowest BCUT2D eigenvalue weighted by atomic mass is 10.0. The van der Waals surface area contributed by atoms with Gasteiger partial charge >= 0.3 is 12.3 Å². The lowest BCUT2D eigenvalue weighted by molar-refractivity contribution is -0.137. The summed E-state index contributed by atoms with van der Waals surface area (Å²) < 4.78 is 43.6. The highest BCUT2D eigenvalue weighted by atomic mass is 35.5. The number of hydrogen-bond donors (Lipinski definition) is 2. The molecule has 4 nitrogen and oxygen atoms in total. The molecule has 0 saturated heterocycles. The Morgan fingerprint density at radius 1 is 1.36 bits per heavy atom. The molecule has 0 radical (unpaired) electrons. The fraction of sp³-hybridized carbons (Fsp3) is 0.500. The van der Waals surface area contributed by atoms with Gasteiger partial charge in [-0.05, 0) is 38.5 Å². The number of nitrogens with one attached hydrogen (secondary N) is 1. The fourth-order valence-electron chi connectivity index (χ4n) is 1.71. The number of ether oxygens (including phenoxy) is 1. The molecule has 0 heterocycles. The summed E-state index contributed by atoms with van der Waals surface area (Å²) in [6.07, 6.45) is -5.34. The van der Waals surface area contributed by atoms with Gasteiger partial charge in [0.25, 0.3) is 0 Å². The monoisotopic (exact) mass is 338 g/mol. The summed E-state index contributed by atoms with van der Waals surface area (Å²) in [7, 11) is 0. The minimum atomic E-state index is -4.59. The molecule has 124 valence electrons. The first-order valence-corrected chi connectivity index (χ1v) is 6.88. The quantitative estimate of drug-likeness (QED) is 0.879. The van der Waals surface area contributed by atoms with Crippen molar-refractivity contribution in [2.24, 2.45) is 5.73 Å². The van der Waals surface area contributed by atoms with Crippen molar-refractivity contribution in [1.82, 2.24) is 5.32 Å². The number of halogens is 4. The van der Waals surface area contributed by atoms with E-state index in [0.717, 1.165) is 12.1 Å². The molecule has 0 aliphatic rings. The molecule has 0 aliphatic heterocycles. The zero-order valence-electron chi connectivity index (χ0n) is 12.4. The number of benzene rings is 1. The van der Waals surface area contributed by atoms with Crippen molar-refractivity contribution in [3.8, 4) is 0 Å². The topological polar surface area (TPSA) is 64.3 Å². The molecule has 22 heavy (non-hydrogen) atoms. The van der Waals surface area contributed by atoms with Crippen molar-refractivity contribution >= 4 is 17.7 Å². The molecule has 1 amide bonds. The van der Waals surface area contributed by atoms with Gasteiger partial charge < -0.3 is 15.8 Å². The summed E-state index contributed by atoms with van der Waals surface area (Å²) in [5.41, 5.74) is 4.03. The highest BCUT2D eigenvalue weighted by molar-refractivity contribution is 6.31. The van der Waals surface area contributed by atoms with Crippen molar-refractivity contribution in [2.45, 2.75) is 38.6 Å². The zero-order valence-corrected chi connectivity index (χ0v) is 13.2. The Bertz CT molecular complexity index is 542. The molecule has 0 aromatic heterocycles. The SMILES string of the molecule is CC(C)(C)OC(=O)NC(CN)c1ccc(Cl)c(C(F)(F)F)c1. The van der Waals surface area contributed by atoms with E-state index in [1.165, 1.54) is 6.07 Å². The third-order valence-electron chi connectivity index (χ3n) is 2.62. The number of alkyl carbamates (subject to hydrolysis) is 1. The molecule has 0 aliphatic carbocycles. The van der Waals surface area contributed by atoms with Gasteiger partial charge in [-0.15, -0.1) is 0 Å². The second kappa shape index (κ2) is 6.75. The normalized spacial score (nSPS) is 13.6. The van der Waals surface area contributed by atoms with E-state index < -0.39 is 34.5 Å². The van der Waals surface area contributed by atoms with Gasteiger partial charge in [-0.2, -0.15) is 13.2 Å². The number of rotatable bonds is 3. The maximum atomic E-state index is 12.9. The van der Waals surface area contributed by atoms with Gasteiger partial charge in [-0.1, -0.05) is 17.7 Å². The van der Waals surface area contributed by atoms with Crippen LogP contribution in [-0.2, 0) is 10.9 Å². The van der Waals surface area contributed by atoms with E-state index in [1.54, 1.807) is 20.8 Å². The van der Waals surface area contributed by atoms with Gasteiger partial charge in [-0.25, -0.2) is 4.79 Å². The number of nitrogens with two attached hydrogens (primary N) is 1. The molecule has 0 spiro atoms. The molecule has 1 aromatic rings. The lowest BCUT2D eigenvalue weighted by Crippen LogP contribution is -2.37. The summed E-state index contributed by atoms with van der Waals surface area (Å²) in [4.78, 5) is 11.7. The van der Waals surface area contributed by atoms with Crippen LogP contribution < -0.4 is 11.1 Å². The van der Waals surface area contributed by atoms with Crippen LogP contribution in [0.3, 0.4) is 0 Å². The smallest absolute Gasteiger partial charge is 0.417 e. The first-order valence-electron chi connectivity index (χ1n) is 6.50. The Labute approximate surface area is 131 Å². The van der Waals surface area contributed by atoms with E-state index in [4.69, 9.17) is 22.1 Å². The van der Waals surface area contributed by atoms with E-state index in [-0.39, 0.29) is 12.1 Å². The highest BCUT2D eigenvalue weighted by Crippen LogP contribution is 2.36. The summed E-state index contributed by atoms with van der Waals surface area (Å²) in [6.45, 7) is 4.94. The summed E-state index contributed by atoms with van der Waals surface area (Å²) >= 11 is 5.56. The van der Waals surface area contributed by atoms with Crippen molar-refractivity contribution in [1.29, 1.82) is 0 Å². The molecule has 0 fully saturated rings. The number of carbonyl (C=O) groups excluding carboxylic acids is 1. The molecule has 1 aromatic carbocycles. The van der Waals surface area contributed by atoms with Crippen LogP contribution in [0.25, 0.3) is 0 Å². The van der Waals surface area contributed by atoms with Crippen LogP contribution >= 0.6 is 11.6 Å². The van der Waals surface area contributed by atoms with Crippen LogP contribution in [0.1, 0.15) is 37.9 Å². The van der Waals surface area contributed by atoms with Crippen LogP contribution in [0.4, 0.5) is 18.0 Å². The van der Waals surface area contributed by atoms with Crippen molar-refractivity contribution in [3.05, 3.63) is 34.3 Å². The van der Waals surface area contributed by atoms with E-state index >= 15 is 0 Å². The van der Waals surface area contributed by atoms with Crippen molar-refractivity contribution < 1.29 is 22.7 Å². The van der Waals surface area contributed by atoms with E-state index in [2.05, 4.69) is 5.32 Å². The van der Waals surface area contributed by atoms with Crippen LogP contribution in [0.15, 0.2) is 18.2 Å². The summed E-state index contributed by atoms with van der Waals surface area (Å²) in [5, 5.41) is 2.03. The maximum Gasteiger partial charge on any atom is 0.417 e. The van der Waals surface area contributed by atoms with Gasteiger partial charge in [-0.3, -0.25) is 0 Å². The maximum absolute atomic E-state index is 12.9. The fourth-order valence-corrected chi connectivity index (χ4v) is 1.93. The molecule has 1 unspecified atom stereocenters. The molecular formula is C14H18ClF3N2O2. The van der Waals surface area contributed by atoms with E-state index in [0.29, 0.717) is 0 Å². The number of carbonyl (C=O) groups is 1. The van der Waals surface area contributed by atoms with Gasteiger partial charge in [0, 0.05) is 6.54 Å². The Morgan fingerprint density at radius 3 is 2.41 bits per heavy atom. The minimum absolute atomic E-state index is 0.0851. The molecule has 0 bridgehead atoms. The first kappa shape index (κ1) is 18.6. The average molecular weight is 339 g/mol. The van der Waals surface area contributed by atoms with Crippen LogP contribution in [-0.4, -0.2) is 18.2 Å². The van der Waals surface area contributed by atoms with Crippen LogP contribution in [0.2, 0.25) is 5.02 Å². The van der Waals surface area contributed by atoms with Crippen molar-refractivity contribution in [3.63, 3.8) is 0 Å². The highest BCUT2D eigenvalue weighted by Gasteiger charge is 2.34. The Kier molecular flexibility index (Phi) is 5.70. The standard InChI is InChI=1S/C14H18ClF3N2O2/c1-13(2,3)22-12(21)20-11(7-19)8-4-5-10(15)9(6-8)14(16,17)18/h4-6,11H,7,19H2,1-3H3,(H,20,21). The van der Waals surface area contributed by atoms with Gasteiger partial charge in [0.05, 0.1) is 16.6 Å². The number of alkyl halides is 3. The average Bonchev–Trinajstić information content (AvgIpc) is 2.33. The third-order valence-corrected chi connectivity index (χ3v) is 2.95. The predicted octanol–water partition coefficient (Wildman–Crippen LogP) is 3.88. The predicted molar refractivity (Wildman–Crippen MR) is 77.6 cm³/mol. The van der Waals surface area contributed by atoms with Crippen LogP contribution in [0, 0.1) is 0 Å². The number of amides is 1. The molecule has 3 N–H and O–H groups in total. The van der Waals surface area contributed by atoms with Gasteiger partial charge in [0.2, 0.25) is 0 Å². The summed E-state index contributed by atoms with van der Waals surface area (Å²) in [6, 6.07) is 2.57. The Morgan fingerprint density at radius 2 is 1.95 bits per heavy atom. The van der Waals surface area contributed by atoms with Gasteiger partial charge in [0.1, 0.15) is 5.60 Å². The Hall–Kier alpha value is -1.47. The third kappa shape index (κ3) is 5.38. The minimum Gasteiger partial charge on any atom is -0.444 e. The molecule has 1 atom stereocenters. The largest absolute Gasteiger partial charge is 0.444 e. The second-order valence-electron chi connectivity index (χ2n) is 5.67. The first-order chi connectivity index (χ1) is 9.94.